The zero-order valence-electron chi connectivity index (χ0n) is 19.1. The first kappa shape index (κ1) is 23.2. The Balaban J connectivity index is 1.37. The molecule has 1 aromatic heterocycles. The van der Waals surface area contributed by atoms with Crippen molar-refractivity contribution >= 4 is 22.9 Å². The molecular formula is C28H27NO5. The Morgan fingerprint density at radius 2 is 1.79 bits per heavy atom. The van der Waals surface area contributed by atoms with Crippen LogP contribution >= 0.6 is 0 Å². The minimum Gasteiger partial charge on any atom is -0.486 e. The zero-order valence-corrected chi connectivity index (χ0v) is 19.1. The average Bonchev–Trinajstić information content (AvgIpc) is 3.30. The maximum atomic E-state index is 12.6. The number of oxazole rings is 1. The number of aromatic carboxylic acids is 1. The largest absolute Gasteiger partial charge is 0.486 e. The fourth-order valence-electron chi connectivity index (χ4n) is 3.79. The number of hydrogen-bond donors (Lipinski definition) is 1. The molecule has 0 aliphatic rings. The third-order valence-corrected chi connectivity index (χ3v) is 5.71. The molecule has 1 atom stereocenters. The van der Waals surface area contributed by atoms with Crippen LogP contribution in [0.1, 0.15) is 70.9 Å². The van der Waals surface area contributed by atoms with E-state index < -0.39 is 5.97 Å². The van der Waals surface area contributed by atoms with E-state index in [1.165, 1.54) is 23.8 Å². The summed E-state index contributed by atoms with van der Waals surface area (Å²) < 4.78 is 11.8. The summed E-state index contributed by atoms with van der Waals surface area (Å²) in [5.41, 5.74) is 3.03. The number of unbranched alkanes of at least 4 members (excludes halogenated alkanes) is 1. The van der Waals surface area contributed by atoms with Crippen LogP contribution in [0.3, 0.4) is 0 Å². The highest BCUT2D eigenvalue weighted by Crippen LogP contribution is 2.27. The predicted octanol–water partition coefficient (Wildman–Crippen LogP) is 6.65. The van der Waals surface area contributed by atoms with Crippen LogP contribution in [-0.4, -0.2) is 21.8 Å². The Morgan fingerprint density at radius 1 is 1.03 bits per heavy atom. The topological polar surface area (TPSA) is 89.6 Å². The van der Waals surface area contributed by atoms with Crippen LogP contribution in [0.4, 0.5) is 0 Å². The molecule has 0 saturated heterocycles. The van der Waals surface area contributed by atoms with Gasteiger partial charge in [0, 0.05) is 6.42 Å². The van der Waals surface area contributed by atoms with E-state index in [4.69, 9.17) is 14.3 Å². The first-order valence-electron chi connectivity index (χ1n) is 11.5. The molecule has 6 heteroatoms. The van der Waals surface area contributed by atoms with Crippen molar-refractivity contribution in [2.45, 2.75) is 45.1 Å². The maximum Gasteiger partial charge on any atom is 0.335 e. The number of aryl methyl sites for hydroxylation is 1. The molecule has 1 unspecified atom stereocenters. The summed E-state index contributed by atoms with van der Waals surface area (Å²) in [6.45, 7) is 2.17. The number of carboxylic acids is 1. The number of carboxylic acid groups (broad SMARTS) is 1. The Bertz CT molecular complexity index is 1260. The first-order valence-corrected chi connectivity index (χ1v) is 11.5. The van der Waals surface area contributed by atoms with Crippen LogP contribution in [0.2, 0.25) is 0 Å². The van der Waals surface area contributed by atoms with Crippen molar-refractivity contribution in [1.82, 2.24) is 4.98 Å². The van der Waals surface area contributed by atoms with E-state index in [0.29, 0.717) is 17.5 Å². The van der Waals surface area contributed by atoms with Gasteiger partial charge in [0.25, 0.3) is 5.89 Å². The van der Waals surface area contributed by atoms with Gasteiger partial charge >= 0.3 is 5.97 Å². The van der Waals surface area contributed by atoms with Crippen LogP contribution < -0.4 is 4.74 Å². The van der Waals surface area contributed by atoms with Gasteiger partial charge in [-0.25, -0.2) is 9.78 Å². The highest BCUT2D eigenvalue weighted by molar-refractivity contribution is 5.96. The summed E-state index contributed by atoms with van der Waals surface area (Å²) in [5, 5.41) is 9.10. The molecule has 0 spiro atoms. The summed E-state index contributed by atoms with van der Waals surface area (Å²) in [6.07, 6.45) is 3.94. The van der Waals surface area contributed by atoms with Crippen molar-refractivity contribution in [1.29, 1.82) is 0 Å². The van der Waals surface area contributed by atoms with Gasteiger partial charge in [0.05, 0.1) is 5.56 Å². The zero-order chi connectivity index (χ0) is 23.9. The van der Waals surface area contributed by atoms with E-state index in [9.17, 15) is 9.59 Å². The molecule has 3 aromatic carbocycles. The molecule has 0 bridgehead atoms. The molecule has 0 radical (unpaired) electrons. The number of fused-ring (bicyclic) bond motifs is 1. The lowest BCUT2D eigenvalue weighted by Gasteiger charge is -2.19. The summed E-state index contributed by atoms with van der Waals surface area (Å²) in [5.74, 6) is -0.477. The van der Waals surface area contributed by atoms with Crippen LogP contribution in [0.5, 0.6) is 5.75 Å². The van der Waals surface area contributed by atoms with Crippen molar-refractivity contribution in [3.8, 4) is 5.75 Å². The normalized spacial score (nSPS) is 11.9. The van der Waals surface area contributed by atoms with Gasteiger partial charge in [0.2, 0.25) is 5.78 Å². The van der Waals surface area contributed by atoms with Gasteiger partial charge in [-0.3, -0.25) is 4.79 Å². The van der Waals surface area contributed by atoms with Crippen molar-refractivity contribution in [2.24, 2.45) is 0 Å². The number of benzene rings is 3. The fraction of sp³-hybridized carbons (Fsp3) is 0.250. The lowest BCUT2D eigenvalue weighted by molar-refractivity contribution is 0.0696. The molecular weight excluding hydrogens is 430 g/mol. The molecule has 1 heterocycles. The van der Waals surface area contributed by atoms with Crippen molar-refractivity contribution < 1.29 is 23.8 Å². The number of nitrogens with zero attached hydrogens (tertiary/aromatic N) is 1. The van der Waals surface area contributed by atoms with Crippen molar-refractivity contribution in [2.75, 3.05) is 0 Å². The summed E-state index contributed by atoms with van der Waals surface area (Å²) >= 11 is 0. The fourth-order valence-corrected chi connectivity index (χ4v) is 3.79. The predicted molar refractivity (Wildman–Crippen MR) is 129 cm³/mol. The minimum atomic E-state index is -1.05. The molecule has 0 saturated carbocycles. The second kappa shape index (κ2) is 10.8. The molecule has 4 aromatic rings. The molecule has 4 rings (SSSR count). The monoisotopic (exact) mass is 457 g/mol. The number of ketones is 1. The summed E-state index contributed by atoms with van der Waals surface area (Å²) in [4.78, 5) is 27.9. The molecule has 0 fully saturated rings. The number of Topliss-reactive ketones (excluding diaryl/α,β-unsaturated/α-hetero) is 1. The molecule has 174 valence electrons. The third kappa shape index (κ3) is 5.70. The number of carbonyl (C=O) groups excluding carboxylic acids is 1. The Morgan fingerprint density at radius 3 is 2.50 bits per heavy atom. The molecule has 34 heavy (non-hydrogen) atoms. The van der Waals surface area contributed by atoms with Gasteiger partial charge in [0.15, 0.2) is 5.58 Å². The SMILES string of the molecule is CCCCC(Oc1ccc(CCC(=O)c2nc3cc(C(=O)O)ccc3o2)cc1)c1ccccc1. The van der Waals surface area contributed by atoms with Crippen molar-refractivity contribution in [3.05, 3.63) is 95.4 Å². The molecule has 6 nitrogen and oxygen atoms in total. The van der Waals surface area contributed by atoms with E-state index in [1.807, 2.05) is 42.5 Å². The summed E-state index contributed by atoms with van der Waals surface area (Å²) in [7, 11) is 0. The second-order valence-electron chi connectivity index (χ2n) is 8.23. The number of aromatic nitrogens is 1. The number of rotatable bonds is 11. The van der Waals surface area contributed by atoms with Gasteiger partial charge in [-0.15, -0.1) is 0 Å². The first-order chi connectivity index (χ1) is 16.5. The van der Waals surface area contributed by atoms with E-state index in [2.05, 4.69) is 24.0 Å². The number of ether oxygens (including phenoxy) is 1. The summed E-state index contributed by atoms with van der Waals surface area (Å²) in [6, 6.07) is 22.4. The molecule has 0 amide bonds. The Labute approximate surface area is 198 Å². The highest BCUT2D eigenvalue weighted by atomic mass is 16.5. The van der Waals surface area contributed by atoms with Crippen molar-refractivity contribution in [3.63, 3.8) is 0 Å². The smallest absolute Gasteiger partial charge is 0.335 e. The van der Waals surface area contributed by atoms with E-state index in [1.54, 1.807) is 0 Å². The highest BCUT2D eigenvalue weighted by Gasteiger charge is 2.16. The van der Waals surface area contributed by atoms with Crippen LogP contribution in [-0.2, 0) is 6.42 Å². The molecule has 0 aliphatic heterocycles. The quantitative estimate of drug-likeness (QED) is 0.254. The van der Waals surface area contributed by atoms with E-state index in [0.717, 1.165) is 30.6 Å². The molecule has 0 aliphatic carbocycles. The average molecular weight is 458 g/mol. The number of hydrogen-bond acceptors (Lipinski definition) is 5. The Hall–Kier alpha value is -3.93. The maximum absolute atomic E-state index is 12.6. The van der Waals surface area contributed by atoms with Gasteiger partial charge in [-0.2, -0.15) is 0 Å². The van der Waals surface area contributed by atoms with Crippen LogP contribution in [0.15, 0.2) is 77.2 Å². The number of carbonyl (C=O) groups is 2. The van der Waals surface area contributed by atoms with E-state index in [-0.39, 0.29) is 29.8 Å². The minimum absolute atomic E-state index is 0.000815. The third-order valence-electron chi connectivity index (χ3n) is 5.71. The molecule has 1 N–H and O–H groups in total. The second-order valence-corrected chi connectivity index (χ2v) is 8.23. The van der Waals surface area contributed by atoms with Gasteiger partial charge in [-0.05, 0) is 60.7 Å². The lowest BCUT2D eigenvalue weighted by atomic mass is 10.0. The van der Waals surface area contributed by atoms with Gasteiger partial charge < -0.3 is 14.3 Å². The standard InChI is InChI=1S/C28H27NO5/c1-2-3-9-25(20-7-5-4-6-8-20)33-22-14-10-19(11-15-22)12-16-24(30)27-29-23-18-21(28(31)32)13-17-26(23)34-27/h4-8,10-11,13-15,17-18,25H,2-3,9,12,16H2,1H3,(H,31,32). The lowest BCUT2D eigenvalue weighted by Crippen LogP contribution is -2.07. The van der Waals surface area contributed by atoms with Crippen LogP contribution in [0, 0.1) is 0 Å². The van der Waals surface area contributed by atoms with Gasteiger partial charge in [-0.1, -0.05) is 55.8 Å². The van der Waals surface area contributed by atoms with E-state index >= 15 is 0 Å². The van der Waals surface area contributed by atoms with Crippen LogP contribution in [0.25, 0.3) is 11.1 Å². The van der Waals surface area contributed by atoms with Gasteiger partial charge in [0.1, 0.15) is 17.4 Å². The Kier molecular flexibility index (Phi) is 7.38.